The maximum absolute atomic E-state index is 11.7. The highest BCUT2D eigenvalue weighted by Gasteiger charge is 2.07. The Morgan fingerprint density at radius 3 is 2.71 bits per heavy atom. The highest BCUT2D eigenvalue weighted by Crippen LogP contribution is 2.13. The van der Waals surface area contributed by atoms with E-state index in [1.54, 1.807) is 30.3 Å². The molecule has 17 heavy (non-hydrogen) atoms. The highest BCUT2D eigenvalue weighted by atomic mass is 16.5. The van der Waals surface area contributed by atoms with E-state index in [0.717, 1.165) is 5.75 Å². The minimum Gasteiger partial charge on any atom is -0.494 e. The molecule has 0 bridgehead atoms. The minimum absolute atomic E-state index is 0.234. The second-order valence-electron chi connectivity index (χ2n) is 3.30. The summed E-state index contributed by atoms with van der Waals surface area (Å²) in [5, 5.41) is 6.20. The molecule has 1 aromatic heterocycles. The molecule has 2 aromatic rings. The van der Waals surface area contributed by atoms with Gasteiger partial charge in [0.15, 0.2) is 5.82 Å². The lowest BCUT2D eigenvalue weighted by Gasteiger charge is -2.04. The summed E-state index contributed by atoms with van der Waals surface area (Å²) in [7, 11) is 0. The first-order valence-electron chi connectivity index (χ1n) is 5.24. The molecule has 0 atom stereocenters. The summed E-state index contributed by atoms with van der Waals surface area (Å²) in [5.41, 5.74) is 0.538. The van der Waals surface area contributed by atoms with E-state index in [0.29, 0.717) is 18.0 Å². The van der Waals surface area contributed by atoms with Crippen molar-refractivity contribution < 1.29 is 14.1 Å². The quantitative estimate of drug-likeness (QED) is 0.878. The molecule has 5 nitrogen and oxygen atoms in total. The summed E-state index contributed by atoms with van der Waals surface area (Å²) in [6.45, 7) is 2.51. The minimum atomic E-state index is -0.234. The zero-order valence-electron chi connectivity index (χ0n) is 9.34. The van der Waals surface area contributed by atoms with E-state index in [4.69, 9.17) is 4.74 Å². The summed E-state index contributed by atoms with van der Waals surface area (Å²) in [6.07, 6.45) is 1.40. The molecule has 0 fully saturated rings. The topological polar surface area (TPSA) is 64.4 Å². The van der Waals surface area contributed by atoms with Crippen LogP contribution in [-0.2, 0) is 0 Å². The van der Waals surface area contributed by atoms with E-state index in [-0.39, 0.29) is 5.91 Å². The van der Waals surface area contributed by atoms with Gasteiger partial charge in [-0.15, -0.1) is 0 Å². The number of hydrogen-bond acceptors (Lipinski definition) is 4. The zero-order valence-corrected chi connectivity index (χ0v) is 9.34. The Bertz CT molecular complexity index is 477. The smallest absolute Gasteiger partial charge is 0.256 e. The summed E-state index contributed by atoms with van der Waals surface area (Å²) in [5.74, 6) is 0.899. The lowest BCUT2D eigenvalue weighted by atomic mass is 10.2. The lowest BCUT2D eigenvalue weighted by molar-refractivity contribution is 0.102. The number of anilines is 1. The van der Waals surface area contributed by atoms with Crippen LogP contribution in [-0.4, -0.2) is 17.7 Å². The molecule has 1 aromatic carbocycles. The van der Waals surface area contributed by atoms with Gasteiger partial charge in [0.1, 0.15) is 12.0 Å². The third kappa shape index (κ3) is 2.84. The number of carbonyl (C=O) groups is 1. The van der Waals surface area contributed by atoms with Gasteiger partial charge >= 0.3 is 0 Å². The first-order valence-corrected chi connectivity index (χ1v) is 5.24. The van der Waals surface area contributed by atoms with E-state index in [9.17, 15) is 4.79 Å². The normalized spacial score (nSPS) is 9.94. The van der Waals surface area contributed by atoms with Gasteiger partial charge < -0.3 is 14.6 Å². The van der Waals surface area contributed by atoms with Crippen LogP contribution in [0.15, 0.2) is 41.1 Å². The van der Waals surface area contributed by atoms with Crippen LogP contribution >= 0.6 is 0 Å². The highest BCUT2D eigenvalue weighted by molar-refractivity contribution is 6.03. The third-order valence-corrected chi connectivity index (χ3v) is 2.11. The van der Waals surface area contributed by atoms with Crippen LogP contribution in [0.2, 0.25) is 0 Å². The SMILES string of the molecule is CCOc1ccc(C(=O)Nc2ccon2)cc1. The van der Waals surface area contributed by atoms with E-state index >= 15 is 0 Å². The molecule has 0 saturated carbocycles. The molecule has 0 aliphatic rings. The Balaban J connectivity index is 2.04. The van der Waals surface area contributed by atoms with Crippen LogP contribution in [0.4, 0.5) is 5.82 Å². The lowest BCUT2D eigenvalue weighted by Crippen LogP contribution is -2.11. The molecule has 0 unspecified atom stereocenters. The van der Waals surface area contributed by atoms with Crippen molar-refractivity contribution >= 4 is 11.7 Å². The fraction of sp³-hybridized carbons (Fsp3) is 0.167. The van der Waals surface area contributed by atoms with Crippen LogP contribution in [0.3, 0.4) is 0 Å². The molecule has 88 valence electrons. The van der Waals surface area contributed by atoms with Gasteiger partial charge in [-0.25, -0.2) is 0 Å². The first kappa shape index (κ1) is 11.2. The third-order valence-electron chi connectivity index (χ3n) is 2.11. The first-order chi connectivity index (χ1) is 8.29. The average molecular weight is 232 g/mol. The number of nitrogens with one attached hydrogen (secondary N) is 1. The van der Waals surface area contributed by atoms with E-state index in [1.165, 1.54) is 6.26 Å². The maximum Gasteiger partial charge on any atom is 0.256 e. The predicted molar refractivity (Wildman–Crippen MR) is 62.1 cm³/mol. The van der Waals surface area contributed by atoms with Crippen molar-refractivity contribution in [3.05, 3.63) is 42.2 Å². The monoisotopic (exact) mass is 232 g/mol. The summed E-state index contributed by atoms with van der Waals surface area (Å²) in [6, 6.07) is 8.47. The van der Waals surface area contributed by atoms with Gasteiger partial charge in [-0.2, -0.15) is 0 Å². The second-order valence-corrected chi connectivity index (χ2v) is 3.30. The maximum atomic E-state index is 11.7. The van der Waals surface area contributed by atoms with Gasteiger partial charge in [0.2, 0.25) is 0 Å². The fourth-order valence-electron chi connectivity index (χ4n) is 1.33. The molecular weight excluding hydrogens is 220 g/mol. The molecule has 1 amide bonds. The van der Waals surface area contributed by atoms with Crippen molar-refractivity contribution in [1.29, 1.82) is 0 Å². The Kier molecular flexibility index (Phi) is 3.40. The molecule has 0 spiro atoms. The van der Waals surface area contributed by atoms with E-state index < -0.39 is 0 Å². The fourth-order valence-corrected chi connectivity index (χ4v) is 1.33. The number of benzene rings is 1. The number of carbonyl (C=O) groups excluding carboxylic acids is 1. The van der Waals surface area contributed by atoms with Gasteiger partial charge in [0, 0.05) is 11.6 Å². The molecule has 0 saturated heterocycles. The molecule has 2 rings (SSSR count). The van der Waals surface area contributed by atoms with Crippen LogP contribution in [0.5, 0.6) is 5.75 Å². The molecule has 5 heteroatoms. The molecule has 1 N–H and O–H groups in total. The molecule has 1 heterocycles. The second kappa shape index (κ2) is 5.16. The molecular formula is C12H12N2O3. The summed E-state index contributed by atoms with van der Waals surface area (Å²) < 4.78 is 9.90. The number of rotatable bonds is 4. The van der Waals surface area contributed by atoms with Crippen LogP contribution in [0, 0.1) is 0 Å². The van der Waals surface area contributed by atoms with Crippen molar-refractivity contribution in [2.24, 2.45) is 0 Å². The van der Waals surface area contributed by atoms with Gasteiger partial charge in [-0.1, -0.05) is 5.16 Å². The van der Waals surface area contributed by atoms with Crippen molar-refractivity contribution in [3.63, 3.8) is 0 Å². The van der Waals surface area contributed by atoms with E-state index in [1.807, 2.05) is 6.92 Å². The van der Waals surface area contributed by atoms with Gasteiger partial charge in [0.05, 0.1) is 6.61 Å². The van der Waals surface area contributed by atoms with Crippen molar-refractivity contribution in [3.8, 4) is 5.75 Å². The molecule has 0 aliphatic heterocycles. The number of hydrogen-bond donors (Lipinski definition) is 1. The van der Waals surface area contributed by atoms with Crippen LogP contribution in [0.1, 0.15) is 17.3 Å². The Morgan fingerprint density at radius 2 is 2.12 bits per heavy atom. The largest absolute Gasteiger partial charge is 0.494 e. The van der Waals surface area contributed by atoms with Gasteiger partial charge in [0.25, 0.3) is 5.91 Å². The Morgan fingerprint density at radius 1 is 1.35 bits per heavy atom. The Labute approximate surface area is 98.4 Å². The van der Waals surface area contributed by atoms with Crippen molar-refractivity contribution in [2.75, 3.05) is 11.9 Å². The van der Waals surface area contributed by atoms with E-state index in [2.05, 4.69) is 15.0 Å². The number of nitrogens with zero attached hydrogens (tertiary/aromatic N) is 1. The number of ether oxygens (including phenoxy) is 1. The standard InChI is InChI=1S/C12H12N2O3/c1-2-16-10-5-3-9(4-6-10)12(15)13-11-7-8-17-14-11/h3-8H,2H2,1H3,(H,13,14,15). The molecule has 0 aliphatic carbocycles. The van der Waals surface area contributed by atoms with Crippen molar-refractivity contribution in [2.45, 2.75) is 6.92 Å². The summed E-state index contributed by atoms with van der Waals surface area (Å²) >= 11 is 0. The number of aromatic nitrogens is 1. The Hall–Kier alpha value is -2.30. The van der Waals surface area contributed by atoms with Crippen LogP contribution < -0.4 is 10.1 Å². The van der Waals surface area contributed by atoms with Gasteiger partial charge in [-0.05, 0) is 31.2 Å². The number of amides is 1. The molecule has 0 radical (unpaired) electrons. The average Bonchev–Trinajstić information content (AvgIpc) is 2.83. The van der Waals surface area contributed by atoms with Crippen LogP contribution in [0.25, 0.3) is 0 Å². The zero-order chi connectivity index (χ0) is 12.1. The van der Waals surface area contributed by atoms with Crippen molar-refractivity contribution in [1.82, 2.24) is 5.16 Å². The predicted octanol–water partition coefficient (Wildman–Crippen LogP) is 2.33. The summed E-state index contributed by atoms with van der Waals surface area (Å²) in [4.78, 5) is 11.7. The van der Waals surface area contributed by atoms with Gasteiger partial charge in [-0.3, -0.25) is 4.79 Å².